The van der Waals surface area contributed by atoms with Crippen LogP contribution in [-0.4, -0.2) is 12.6 Å². The second kappa shape index (κ2) is 7.11. The minimum Gasteiger partial charge on any atom is -0.314 e. The second-order valence-corrected chi connectivity index (χ2v) is 7.67. The lowest BCUT2D eigenvalue weighted by atomic mass is 9.67. The first-order valence-corrected chi connectivity index (χ1v) is 8.58. The van der Waals surface area contributed by atoms with E-state index in [4.69, 9.17) is 0 Å². The summed E-state index contributed by atoms with van der Waals surface area (Å²) in [4.78, 5) is 0. The number of unbranched alkanes of at least 4 members (excludes halogenated alkanes) is 5. The van der Waals surface area contributed by atoms with E-state index >= 15 is 0 Å². The van der Waals surface area contributed by atoms with Gasteiger partial charge in [0, 0.05) is 5.54 Å². The zero-order valence-corrected chi connectivity index (χ0v) is 14.3. The molecule has 1 saturated carbocycles. The van der Waals surface area contributed by atoms with Gasteiger partial charge in [-0.05, 0) is 44.1 Å². The van der Waals surface area contributed by atoms with Crippen LogP contribution in [-0.2, 0) is 0 Å². The molecule has 0 aliphatic heterocycles. The monoisotopic (exact) mass is 267 g/mol. The SMILES string of the molecule is CCCCCCCCC(C)(C)C(C)(NC)C1CC1C. The zero-order valence-electron chi connectivity index (χ0n) is 14.3. The molecule has 1 nitrogen and oxygen atoms in total. The third-order valence-corrected chi connectivity index (χ3v) is 5.93. The van der Waals surface area contributed by atoms with Crippen molar-refractivity contribution in [1.29, 1.82) is 0 Å². The normalized spacial score (nSPS) is 26.2. The summed E-state index contributed by atoms with van der Waals surface area (Å²) < 4.78 is 0. The summed E-state index contributed by atoms with van der Waals surface area (Å²) in [5.41, 5.74) is 0.720. The van der Waals surface area contributed by atoms with Crippen molar-refractivity contribution < 1.29 is 0 Å². The lowest BCUT2D eigenvalue weighted by molar-refractivity contribution is 0.101. The first-order valence-electron chi connectivity index (χ1n) is 8.58. The van der Waals surface area contributed by atoms with Crippen LogP contribution in [0.15, 0.2) is 0 Å². The molecule has 1 heteroatoms. The molecule has 1 aliphatic carbocycles. The van der Waals surface area contributed by atoms with Crippen LogP contribution in [0, 0.1) is 17.3 Å². The highest BCUT2D eigenvalue weighted by atomic mass is 15.0. The Morgan fingerprint density at radius 2 is 1.53 bits per heavy atom. The Kier molecular flexibility index (Phi) is 6.36. The minimum absolute atomic E-state index is 0.315. The third kappa shape index (κ3) is 4.21. The highest BCUT2D eigenvalue weighted by molar-refractivity contribution is 5.08. The largest absolute Gasteiger partial charge is 0.314 e. The molecule has 1 aliphatic rings. The van der Waals surface area contributed by atoms with Crippen molar-refractivity contribution >= 4 is 0 Å². The Bertz CT molecular complexity index is 258. The summed E-state index contributed by atoms with van der Waals surface area (Å²) >= 11 is 0. The molecule has 3 unspecified atom stereocenters. The van der Waals surface area contributed by atoms with Crippen molar-refractivity contribution in [3.8, 4) is 0 Å². The summed E-state index contributed by atoms with van der Waals surface area (Å²) in [5.74, 6) is 1.80. The van der Waals surface area contributed by atoms with E-state index in [0.717, 1.165) is 11.8 Å². The first kappa shape index (κ1) is 17.0. The minimum atomic E-state index is 0.315. The molecule has 0 aromatic carbocycles. The van der Waals surface area contributed by atoms with Crippen LogP contribution < -0.4 is 5.32 Å². The quantitative estimate of drug-likeness (QED) is 0.523. The number of hydrogen-bond donors (Lipinski definition) is 1. The van der Waals surface area contributed by atoms with Crippen LogP contribution in [0.3, 0.4) is 0 Å². The molecule has 19 heavy (non-hydrogen) atoms. The van der Waals surface area contributed by atoms with Gasteiger partial charge in [0.2, 0.25) is 0 Å². The van der Waals surface area contributed by atoms with E-state index in [-0.39, 0.29) is 0 Å². The highest BCUT2D eigenvalue weighted by Crippen LogP contribution is 2.54. The van der Waals surface area contributed by atoms with E-state index in [9.17, 15) is 0 Å². The van der Waals surface area contributed by atoms with Crippen LogP contribution >= 0.6 is 0 Å². The molecule has 0 bridgehead atoms. The van der Waals surface area contributed by atoms with Gasteiger partial charge in [0.1, 0.15) is 0 Å². The van der Waals surface area contributed by atoms with Gasteiger partial charge in [-0.2, -0.15) is 0 Å². The average molecular weight is 268 g/mol. The van der Waals surface area contributed by atoms with Crippen molar-refractivity contribution in [2.24, 2.45) is 17.3 Å². The average Bonchev–Trinajstić information content (AvgIpc) is 3.10. The van der Waals surface area contributed by atoms with Crippen LogP contribution in [0.4, 0.5) is 0 Å². The molecule has 0 aromatic heterocycles. The maximum atomic E-state index is 3.67. The van der Waals surface area contributed by atoms with Crippen LogP contribution in [0.5, 0.6) is 0 Å². The molecule has 114 valence electrons. The number of nitrogens with one attached hydrogen (secondary N) is 1. The van der Waals surface area contributed by atoms with Gasteiger partial charge in [0.05, 0.1) is 0 Å². The molecular weight excluding hydrogens is 230 g/mol. The predicted octanol–water partition coefficient (Wildman–Crippen LogP) is 5.40. The fraction of sp³-hybridized carbons (Fsp3) is 1.00. The summed E-state index contributed by atoms with van der Waals surface area (Å²) in [7, 11) is 2.16. The number of hydrogen-bond acceptors (Lipinski definition) is 1. The van der Waals surface area contributed by atoms with Crippen molar-refractivity contribution in [3.63, 3.8) is 0 Å². The van der Waals surface area contributed by atoms with Crippen LogP contribution in [0.25, 0.3) is 0 Å². The van der Waals surface area contributed by atoms with E-state index in [0.29, 0.717) is 11.0 Å². The van der Waals surface area contributed by atoms with Gasteiger partial charge in [-0.3, -0.25) is 0 Å². The maximum Gasteiger partial charge on any atom is 0.0232 e. The number of rotatable bonds is 10. The molecule has 0 aromatic rings. The third-order valence-electron chi connectivity index (χ3n) is 5.93. The molecule has 0 heterocycles. The van der Waals surface area contributed by atoms with E-state index in [2.05, 4.69) is 47.0 Å². The van der Waals surface area contributed by atoms with Crippen molar-refractivity contribution in [3.05, 3.63) is 0 Å². The topological polar surface area (TPSA) is 12.0 Å². The molecule has 0 saturated heterocycles. The van der Waals surface area contributed by atoms with E-state index in [1.54, 1.807) is 0 Å². The van der Waals surface area contributed by atoms with E-state index in [1.165, 1.54) is 51.4 Å². The molecule has 3 atom stereocenters. The van der Waals surface area contributed by atoms with Gasteiger partial charge >= 0.3 is 0 Å². The van der Waals surface area contributed by atoms with Gasteiger partial charge in [0.15, 0.2) is 0 Å². The van der Waals surface area contributed by atoms with Gasteiger partial charge in [0.25, 0.3) is 0 Å². The standard InChI is InChI=1S/C18H37N/c1-7-8-9-10-11-12-13-17(3,4)18(5,19-6)16-14-15(16)2/h15-16,19H,7-14H2,1-6H3. The predicted molar refractivity (Wildman–Crippen MR) is 86.5 cm³/mol. The summed E-state index contributed by atoms with van der Waals surface area (Å²) in [5, 5.41) is 3.67. The molecule has 1 rings (SSSR count). The molecule has 0 amide bonds. The Labute approximate surface area is 121 Å². The first-order chi connectivity index (χ1) is 8.89. The van der Waals surface area contributed by atoms with Gasteiger partial charge in [-0.25, -0.2) is 0 Å². The van der Waals surface area contributed by atoms with Gasteiger partial charge in [-0.1, -0.05) is 66.2 Å². The smallest absolute Gasteiger partial charge is 0.0232 e. The van der Waals surface area contributed by atoms with Crippen molar-refractivity contribution in [1.82, 2.24) is 5.32 Å². The van der Waals surface area contributed by atoms with Crippen LogP contribution in [0.1, 0.15) is 86.0 Å². The fourth-order valence-electron chi connectivity index (χ4n) is 3.76. The van der Waals surface area contributed by atoms with E-state index < -0.39 is 0 Å². The molecule has 1 fully saturated rings. The summed E-state index contributed by atoms with van der Waals surface area (Å²) in [6.07, 6.45) is 11.2. The van der Waals surface area contributed by atoms with E-state index in [1.807, 2.05) is 0 Å². The van der Waals surface area contributed by atoms with Gasteiger partial charge < -0.3 is 5.32 Å². The lowest BCUT2D eigenvalue weighted by Gasteiger charge is -2.45. The Morgan fingerprint density at radius 3 is 2.00 bits per heavy atom. The van der Waals surface area contributed by atoms with Crippen molar-refractivity contribution in [2.75, 3.05) is 7.05 Å². The van der Waals surface area contributed by atoms with Crippen LogP contribution in [0.2, 0.25) is 0 Å². The summed E-state index contributed by atoms with van der Waals surface area (Å²) in [6, 6.07) is 0. The highest BCUT2D eigenvalue weighted by Gasteiger charge is 2.53. The lowest BCUT2D eigenvalue weighted by Crippen LogP contribution is -2.54. The molecule has 1 N–H and O–H groups in total. The molecule has 0 radical (unpaired) electrons. The van der Waals surface area contributed by atoms with Gasteiger partial charge in [-0.15, -0.1) is 0 Å². The Hall–Kier alpha value is -0.0400. The summed E-state index contributed by atoms with van der Waals surface area (Å²) in [6.45, 7) is 12.1. The maximum absolute atomic E-state index is 3.67. The Morgan fingerprint density at radius 1 is 1.00 bits per heavy atom. The zero-order chi connectivity index (χ0) is 14.5. The molecule has 0 spiro atoms. The van der Waals surface area contributed by atoms with Crippen molar-refractivity contribution in [2.45, 2.75) is 91.5 Å². The fourth-order valence-corrected chi connectivity index (χ4v) is 3.76. The second-order valence-electron chi connectivity index (χ2n) is 7.67. The Balaban J connectivity index is 2.36. The molecular formula is C18H37N.